The Morgan fingerprint density at radius 3 is 2.91 bits per heavy atom. The van der Waals surface area contributed by atoms with Gasteiger partial charge in [0, 0.05) is 25.4 Å². The molecule has 0 bridgehead atoms. The second kappa shape index (κ2) is 7.40. The van der Waals surface area contributed by atoms with E-state index < -0.39 is 0 Å². The molecule has 1 saturated heterocycles. The van der Waals surface area contributed by atoms with Crippen molar-refractivity contribution in [2.24, 2.45) is 0 Å². The molecule has 122 valence electrons. The van der Waals surface area contributed by atoms with Gasteiger partial charge in [0.25, 0.3) is 0 Å². The number of halogens is 1. The lowest BCUT2D eigenvalue weighted by molar-refractivity contribution is -0.0571. The third-order valence-corrected chi connectivity index (χ3v) is 4.02. The van der Waals surface area contributed by atoms with E-state index in [1.807, 2.05) is 6.07 Å². The number of nitrogens with zero attached hydrogens (tertiary/aromatic N) is 3. The van der Waals surface area contributed by atoms with E-state index in [-0.39, 0.29) is 5.41 Å². The van der Waals surface area contributed by atoms with E-state index in [2.05, 4.69) is 16.4 Å². The smallest absolute Gasteiger partial charge is 0.131 e. The molecule has 0 saturated carbocycles. The molecular weight excluding hydrogens is 316 g/mol. The van der Waals surface area contributed by atoms with Crippen LogP contribution in [0.3, 0.4) is 0 Å². The lowest BCUT2D eigenvalue weighted by atomic mass is 9.75. The molecule has 8 heteroatoms. The minimum atomic E-state index is -0.327. The highest BCUT2D eigenvalue weighted by molar-refractivity contribution is 6.29. The van der Waals surface area contributed by atoms with Crippen molar-refractivity contribution in [3.63, 3.8) is 0 Å². The molecule has 2 heterocycles. The van der Waals surface area contributed by atoms with E-state index in [9.17, 15) is 0 Å². The van der Waals surface area contributed by atoms with Gasteiger partial charge in [-0.25, -0.2) is 4.98 Å². The van der Waals surface area contributed by atoms with Gasteiger partial charge in [-0.1, -0.05) is 11.6 Å². The van der Waals surface area contributed by atoms with Gasteiger partial charge in [-0.15, -0.1) is 0 Å². The number of amidine groups is 1. The highest BCUT2D eigenvalue weighted by Gasteiger charge is 2.42. The van der Waals surface area contributed by atoms with Crippen LogP contribution in [0.25, 0.3) is 0 Å². The highest BCUT2D eigenvalue weighted by Crippen LogP contribution is 2.38. The van der Waals surface area contributed by atoms with Crippen molar-refractivity contribution in [2.75, 3.05) is 32.1 Å². The summed E-state index contributed by atoms with van der Waals surface area (Å²) in [6, 6.07) is 5.75. The number of nitrogens with one attached hydrogen (secondary N) is 3. The third-order valence-electron chi connectivity index (χ3n) is 3.83. The number of ether oxygens (including phenoxy) is 1. The number of rotatable bonds is 7. The van der Waals surface area contributed by atoms with Gasteiger partial charge < -0.3 is 15.0 Å². The van der Waals surface area contributed by atoms with Crippen LogP contribution in [0.5, 0.6) is 0 Å². The molecular formula is C15H19ClN6O. The molecule has 0 radical (unpaired) electrons. The predicted octanol–water partition coefficient (Wildman–Crippen LogP) is 2.23. The van der Waals surface area contributed by atoms with Gasteiger partial charge in [-0.05, 0) is 17.7 Å². The monoisotopic (exact) mass is 334 g/mol. The lowest BCUT2D eigenvalue weighted by Crippen LogP contribution is -2.49. The van der Waals surface area contributed by atoms with E-state index >= 15 is 0 Å². The maximum absolute atomic E-state index is 8.60. The van der Waals surface area contributed by atoms with Crippen LogP contribution in [0.15, 0.2) is 12.1 Å². The quantitative estimate of drug-likeness (QED) is 0.306. The van der Waals surface area contributed by atoms with Gasteiger partial charge in [0.2, 0.25) is 0 Å². The van der Waals surface area contributed by atoms with Crippen molar-refractivity contribution in [1.29, 1.82) is 16.1 Å². The number of aromatic nitrogens is 1. The zero-order valence-corrected chi connectivity index (χ0v) is 13.7. The molecule has 0 aliphatic carbocycles. The summed E-state index contributed by atoms with van der Waals surface area (Å²) in [5.74, 6) is 0.955. The zero-order valence-electron chi connectivity index (χ0n) is 12.9. The summed E-state index contributed by atoms with van der Waals surface area (Å²) in [6.45, 7) is 1.50. The molecule has 23 heavy (non-hydrogen) atoms. The maximum atomic E-state index is 8.60. The van der Waals surface area contributed by atoms with Crippen LogP contribution in [-0.4, -0.2) is 48.9 Å². The molecule has 1 aliphatic heterocycles. The molecule has 0 atom stereocenters. The number of nitriles is 1. The zero-order chi connectivity index (χ0) is 16.9. The molecule has 1 aromatic heterocycles. The van der Waals surface area contributed by atoms with Crippen LogP contribution < -0.4 is 5.32 Å². The Labute approximate surface area is 140 Å². The molecule has 0 amide bonds. The number of pyridine rings is 1. The molecule has 1 fully saturated rings. The Kier molecular flexibility index (Phi) is 5.53. The van der Waals surface area contributed by atoms with Gasteiger partial charge in [0.15, 0.2) is 0 Å². The van der Waals surface area contributed by atoms with Crippen molar-refractivity contribution in [3.05, 3.63) is 22.8 Å². The van der Waals surface area contributed by atoms with Crippen molar-refractivity contribution in [2.45, 2.75) is 18.3 Å². The fraction of sp³-hybridized carbons (Fsp3) is 0.467. The van der Waals surface area contributed by atoms with Gasteiger partial charge in [0.1, 0.15) is 16.8 Å². The van der Waals surface area contributed by atoms with Crippen LogP contribution in [0.4, 0.5) is 5.82 Å². The Bertz CT molecular complexity index is 637. The van der Waals surface area contributed by atoms with E-state index in [1.165, 1.54) is 4.90 Å². The summed E-state index contributed by atoms with van der Waals surface area (Å²) in [4.78, 5) is 5.68. The standard InChI is InChI=1S/C15H19ClN6O/c1-22(10-18)13(19)7-15(8-23-9-15)11-5-12(16)21-14(6-11)20-4-2-3-17/h5-6,10,18-19H,2,4,7-9H2,1H3,(H,20,21). The second-order valence-corrected chi connectivity index (χ2v) is 5.92. The topological polar surface area (TPSA) is 109 Å². The summed E-state index contributed by atoms with van der Waals surface area (Å²) in [5, 5.41) is 27.4. The molecule has 0 aromatic carbocycles. The van der Waals surface area contributed by atoms with E-state index in [4.69, 9.17) is 32.4 Å². The Hall–Kier alpha value is -2.17. The summed E-state index contributed by atoms with van der Waals surface area (Å²) in [7, 11) is 1.68. The highest BCUT2D eigenvalue weighted by atomic mass is 35.5. The fourth-order valence-electron chi connectivity index (χ4n) is 2.38. The molecule has 7 nitrogen and oxygen atoms in total. The van der Waals surface area contributed by atoms with Gasteiger partial charge in [-0.2, -0.15) is 5.26 Å². The molecule has 1 aliphatic rings. The second-order valence-electron chi connectivity index (χ2n) is 5.54. The summed E-state index contributed by atoms with van der Waals surface area (Å²) in [5.41, 5.74) is 0.624. The van der Waals surface area contributed by atoms with Crippen molar-refractivity contribution < 1.29 is 4.74 Å². The van der Waals surface area contributed by atoms with Crippen molar-refractivity contribution in [1.82, 2.24) is 9.88 Å². The van der Waals surface area contributed by atoms with Crippen LogP contribution in [0.1, 0.15) is 18.4 Å². The number of hydrogen-bond donors (Lipinski definition) is 3. The lowest BCUT2D eigenvalue weighted by Gasteiger charge is -2.42. The summed E-state index contributed by atoms with van der Waals surface area (Å²) in [6.07, 6.45) is 1.95. The molecule has 3 N–H and O–H groups in total. The van der Waals surface area contributed by atoms with Gasteiger partial charge >= 0.3 is 0 Å². The first-order valence-electron chi connectivity index (χ1n) is 7.18. The number of hydrogen-bond acceptors (Lipinski definition) is 6. The predicted molar refractivity (Wildman–Crippen MR) is 89.4 cm³/mol. The van der Waals surface area contributed by atoms with Crippen molar-refractivity contribution >= 4 is 29.6 Å². The first-order chi connectivity index (χ1) is 11.0. The summed E-state index contributed by atoms with van der Waals surface area (Å²) >= 11 is 6.12. The Balaban J connectivity index is 2.22. The first kappa shape index (κ1) is 17.2. The molecule has 2 rings (SSSR count). The molecule has 0 unspecified atom stereocenters. The summed E-state index contributed by atoms with van der Waals surface area (Å²) < 4.78 is 5.39. The van der Waals surface area contributed by atoms with E-state index in [0.29, 0.717) is 49.4 Å². The third kappa shape index (κ3) is 3.97. The van der Waals surface area contributed by atoms with Crippen LogP contribution in [-0.2, 0) is 10.2 Å². The maximum Gasteiger partial charge on any atom is 0.131 e. The Morgan fingerprint density at radius 2 is 2.35 bits per heavy atom. The molecule has 1 aromatic rings. The average molecular weight is 335 g/mol. The van der Waals surface area contributed by atoms with Gasteiger partial charge in [0.05, 0.1) is 32.0 Å². The normalized spacial score (nSPS) is 15.2. The SMILES string of the molecule is CN(C=N)C(=N)CC1(c2cc(Cl)nc(NCCC#N)c2)COC1. The minimum absolute atomic E-state index is 0.327. The average Bonchev–Trinajstić information content (AvgIpc) is 2.49. The van der Waals surface area contributed by atoms with Crippen LogP contribution in [0, 0.1) is 22.1 Å². The number of anilines is 1. The van der Waals surface area contributed by atoms with Gasteiger partial charge in [-0.3, -0.25) is 10.8 Å². The first-order valence-corrected chi connectivity index (χ1v) is 7.56. The van der Waals surface area contributed by atoms with E-state index in [0.717, 1.165) is 11.9 Å². The van der Waals surface area contributed by atoms with E-state index in [1.54, 1.807) is 13.1 Å². The minimum Gasteiger partial charge on any atom is -0.379 e. The largest absolute Gasteiger partial charge is 0.379 e. The van der Waals surface area contributed by atoms with Crippen LogP contribution in [0.2, 0.25) is 5.15 Å². The molecule has 0 spiro atoms. The Morgan fingerprint density at radius 1 is 1.61 bits per heavy atom. The van der Waals surface area contributed by atoms with Crippen molar-refractivity contribution in [3.8, 4) is 6.07 Å². The van der Waals surface area contributed by atoms with Crippen LogP contribution >= 0.6 is 11.6 Å². The fourth-order valence-corrected chi connectivity index (χ4v) is 2.59.